The minimum absolute atomic E-state index is 0.0517. The van der Waals surface area contributed by atoms with Crippen LogP contribution in [0.5, 0.6) is 0 Å². The van der Waals surface area contributed by atoms with Gasteiger partial charge in [0.05, 0.1) is 35.7 Å². The summed E-state index contributed by atoms with van der Waals surface area (Å²) in [7, 11) is 0. The van der Waals surface area contributed by atoms with Gasteiger partial charge in [-0.05, 0) is 44.6 Å². The predicted octanol–water partition coefficient (Wildman–Crippen LogP) is 3.29. The van der Waals surface area contributed by atoms with Gasteiger partial charge in [0, 0.05) is 38.0 Å². The molecule has 0 radical (unpaired) electrons. The van der Waals surface area contributed by atoms with E-state index in [0.29, 0.717) is 23.6 Å². The lowest BCUT2D eigenvalue weighted by molar-refractivity contribution is -0.190. The summed E-state index contributed by atoms with van der Waals surface area (Å²) in [6.45, 7) is 1.96. The number of hydrogen-bond donors (Lipinski definition) is 3. The van der Waals surface area contributed by atoms with E-state index >= 15 is 0 Å². The zero-order valence-corrected chi connectivity index (χ0v) is 21.8. The van der Waals surface area contributed by atoms with E-state index in [1.54, 1.807) is 12.3 Å². The van der Waals surface area contributed by atoms with Gasteiger partial charge in [-0.3, -0.25) is 14.8 Å². The van der Waals surface area contributed by atoms with E-state index in [0.717, 1.165) is 0 Å². The molecule has 1 aliphatic heterocycles. The van der Waals surface area contributed by atoms with Crippen LogP contribution in [-0.2, 0) is 13.0 Å². The zero-order chi connectivity index (χ0) is 28.7. The number of aliphatic hydroxyl groups excluding tert-OH is 1. The Kier molecular flexibility index (Phi) is 7.79. The van der Waals surface area contributed by atoms with Crippen LogP contribution in [-0.4, -0.2) is 65.2 Å². The fourth-order valence-corrected chi connectivity index (χ4v) is 5.62. The second-order valence-corrected chi connectivity index (χ2v) is 10.6. The summed E-state index contributed by atoms with van der Waals surface area (Å²) in [6.07, 6.45) is -1.49. The van der Waals surface area contributed by atoms with Crippen molar-refractivity contribution in [2.24, 2.45) is 17.8 Å². The van der Waals surface area contributed by atoms with Crippen molar-refractivity contribution < 1.29 is 31.9 Å². The van der Waals surface area contributed by atoms with E-state index in [4.69, 9.17) is 0 Å². The quantitative estimate of drug-likeness (QED) is 0.373. The number of imidazole rings is 1. The Hall–Kier alpha value is -3.20. The summed E-state index contributed by atoms with van der Waals surface area (Å²) in [5.41, 5.74) is 1.07. The number of aryl methyl sites for hydroxylation is 1. The maximum absolute atomic E-state index is 13.9. The molecule has 0 spiro atoms. The molecule has 1 aliphatic carbocycles. The number of nitrogens with one attached hydrogen (secondary N) is 2. The first-order valence-corrected chi connectivity index (χ1v) is 13.3. The van der Waals surface area contributed by atoms with Gasteiger partial charge >= 0.3 is 6.18 Å². The number of rotatable bonds is 7. The fraction of sp³-hybridized carbons (Fsp3) is 0.640. The molecule has 1 saturated carbocycles. The number of carbonyl (C=O) groups is 1. The smallest absolute Gasteiger partial charge is 0.378 e. The van der Waals surface area contributed by atoms with Crippen molar-refractivity contribution in [2.45, 2.75) is 76.4 Å². The van der Waals surface area contributed by atoms with Gasteiger partial charge in [0.2, 0.25) is 5.92 Å². The summed E-state index contributed by atoms with van der Waals surface area (Å²) < 4.78 is 70.5. The lowest BCUT2D eigenvalue weighted by Gasteiger charge is -2.34. The molecule has 0 aromatic carbocycles. The Bertz CT molecular complexity index is 1330. The highest BCUT2D eigenvalue weighted by Crippen LogP contribution is 2.41. The molecule has 3 aromatic heterocycles. The normalized spacial score (nSPS) is 24.7. The highest BCUT2D eigenvalue weighted by atomic mass is 19.4. The minimum Gasteiger partial charge on any atom is -0.378 e. The van der Waals surface area contributed by atoms with Gasteiger partial charge in [0.25, 0.3) is 11.7 Å². The molecule has 3 N–H and O–H groups in total. The lowest BCUT2D eigenvalue weighted by Crippen LogP contribution is -2.50. The van der Waals surface area contributed by atoms with E-state index in [1.807, 2.05) is 6.92 Å². The summed E-state index contributed by atoms with van der Waals surface area (Å²) >= 11 is 0. The summed E-state index contributed by atoms with van der Waals surface area (Å²) in [6, 6.07) is 0.870. The number of piperidine rings is 1. The maximum atomic E-state index is 13.9. The van der Waals surface area contributed by atoms with Crippen molar-refractivity contribution in [3.05, 3.63) is 41.7 Å². The van der Waals surface area contributed by atoms with Gasteiger partial charge in [0.15, 0.2) is 0 Å². The van der Waals surface area contributed by atoms with E-state index in [9.17, 15) is 31.9 Å². The molecular formula is C25H31F5N8O2. The summed E-state index contributed by atoms with van der Waals surface area (Å²) in [5, 5.41) is 24.3. The van der Waals surface area contributed by atoms with Crippen molar-refractivity contribution in [3.63, 3.8) is 0 Å². The van der Waals surface area contributed by atoms with E-state index in [1.165, 1.54) is 21.6 Å². The van der Waals surface area contributed by atoms with Crippen molar-refractivity contribution in [1.82, 2.24) is 40.0 Å². The van der Waals surface area contributed by atoms with Crippen LogP contribution < -0.4 is 10.6 Å². The molecule has 40 heavy (non-hydrogen) atoms. The van der Waals surface area contributed by atoms with Crippen LogP contribution in [0.15, 0.2) is 24.7 Å². The van der Waals surface area contributed by atoms with Crippen LogP contribution in [0.25, 0.3) is 5.78 Å². The topological polar surface area (TPSA) is 122 Å². The molecule has 4 atom stereocenters. The number of aromatic nitrogens is 6. The molecular weight excluding hydrogens is 539 g/mol. The Morgan fingerprint density at radius 2 is 2.05 bits per heavy atom. The van der Waals surface area contributed by atoms with Crippen molar-refractivity contribution in [1.29, 1.82) is 0 Å². The number of amides is 1. The molecule has 0 bridgehead atoms. The van der Waals surface area contributed by atoms with Gasteiger partial charge in [0.1, 0.15) is 11.9 Å². The van der Waals surface area contributed by atoms with Gasteiger partial charge in [-0.1, -0.05) is 0 Å². The molecule has 4 heterocycles. The van der Waals surface area contributed by atoms with Gasteiger partial charge in [-0.2, -0.15) is 23.4 Å². The van der Waals surface area contributed by atoms with E-state index in [-0.39, 0.29) is 56.8 Å². The van der Waals surface area contributed by atoms with Gasteiger partial charge in [-0.15, -0.1) is 0 Å². The average molecular weight is 571 g/mol. The molecule has 15 heteroatoms. The number of fused-ring (bicyclic) bond motifs is 1. The van der Waals surface area contributed by atoms with Gasteiger partial charge in [-0.25, -0.2) is 23.3 Å². The van der Waals surface area contributed by atoms with Crippen LogP contribution in [0.1, 0.15) is 66.9 Å². The van der Waals surface area contributed by atoms with Crippen LogP contribution in [0.2, 0.25) is 0 Å². The standard InChI is InChI=1S/C25H31F5N8O2/c1-2-37-19(5-8-33-37)22(40)35-20(14-3-6-24(26,27)7-4-14)18-13-38-23(34-18)32-12-17(36-38)10-15-9-16(25(28,29)30)11-31-21(15)39/h5,8,12-16,20-21,31,39H,2-4,6-7,9-11H2,1H3,(H,35,40)/t15-,16-,20+,21?/m1/s1. The number of carbonyl (C=O) groups excluding carboxylic acids is 1. The lowest BCUT2D eigenvalue weighted by atomic mass is 9.81. The molecule has 10 nitrogen and oxygen atoms in total. The Labute approximate surface area is 226 Å². The van der Waals surface area contributed by atoms with E-state index in [2.05, 4.69) is 30.8 Å². The second-order valence-electron chi connectivity index (χ2n) is 10.6. The number of halogens is 5. The van der Waals surface area contributed by atoms with Crippen molar-refractivity contribution in [2.75, 3.05) is 6.54 Å². The largest absolute Gasteiger partial charge is 0.393 e. The second kappa shape index (κ2) is 11.0. The summed E-state index contributed by atoms with van der Waals surface area (Å²) in [4.78, 5) is 22.0. The number of alkyl halides is 5. The zero-order valence-electron chi connectivity index (χ0n) is 21.8. The predicted molar refractivity (Wildman–Crippen MR) is 131 cm³/mol. The highest BCUT2D eigenvalue weighted by Gasteiger charge is 2.45. The van der Waals surface area contributed by atoms with Crippen LogP contribution in [0.4, 0.5) is 22.0 Å². The van der Waals surface area contributed by atoms with Crippen LogP contribution in [0.3, 0.4) is 0 Å². The SMILES string of the molecule is CCn1nccc1C(=O)N[C@H](c1cn2nc(C[C@H]3C[C@@H](C(F)(F)F)CNC3O)cnc2n1)C1CCC(F)(F)CC1. The number of hydrogen-bond acceptors (Lipinski definition) is 7. The maximum Gasteiger partial charge on any atom is 0.393 e. The fourth-order valence-electron chi connectivity index (χ4n) is 5.62. The molecule has 1 amide bonds. The van der Waals surface area contributed by atoms with Gasteiger partial charge < -0.3 is 10.4 Å². The Morgan fingerprint density at radius 3 is 2.75 bits per heavy atom. The third-order valence-corrected chi connectivity index (χ3v) is 7.88. The Morgan fingerprint density at radius 1 is 1.30 bits per heavy atom. The first-order chi connectivity index (χ1) is 18.9. The van der Waals surface area contributed by atoms with E-state index < -0.39 is 42.1 Å². The Balaban J connectivity index is 1.39. The monoisotopic (exact) mass is 570 g/mol. The molecule has 1 unspecified atom stereocenters. The third-order valence-electron chi connectivity index (χ3n) is 7.88. The number of nitrogens with zero attached hydrogens (tertiary/aromatic N) is 6. The first kappa shape index (κ1) is 28.3. The highest BCUT2D eigenvalue weighted by molar-refractivity contribution is 5.92. The first-order valence-electron chi connectivity index (χ1n) is 13.3. The van der Waals surface area contributed by atoms with Crippen molar-refractivity contribution >= 4 is 11.7 Å². The third kappa shape index (κ3) is 6.09. The number of aliphatic hydroxyl groups is 1. The molecule has 5 rings (SSSR count). The molecule has 2 fully saturated rings. The minimum atomic E-state index is -4.38. The summed E-state index contributed by atoms with van der Waals surface area (Å²) in [5.74, 6) is -5.60. The molecule has 2 aliphatic rings. The molecule has 218 valence electrons. The molecule has 1 saturated heterocycles. The van der Waals surface area contributed by atoms with Crippen molar-refractivity contribution in [3.8, 4) is 0 Å². The molecule has 3 aromatic rings. The van der Waals surface area contributed by atoms with Crippen LogP contribution >= 0.6 is 0 Å². The van der Waals surface area contributed by atoms with Crippen LogP contribution in [0, 0.1) is 17.8 Å². The average Bonchev–Trinajstić information content (AvgIpc) is 3.55.